The van der Waals surface area contributed by atoms with E-state index in [1.807, 2.05) is 12.1 Å². The van der Waals surface area contributed by atoms with Gasteiger partial charge in [-0.3, -0.25) is 25.6 Å². The van der Waals surface area contributed by atoms with E-state index >= 15 is 0 Å². The van der Waals surface area contributed by atoms with Crippen LogP contribution < -0.4 is 10.9 Å². The number of anilines is 1. The molecule has 31 heavy (non-hydrogen) atoms. The molecule has 0 aliphatic rings. The highest BCUT2D eigenvalue weighted by atomic mass is 35.5. The molecule has 1 aromatic heterocycles. The number of nitrogens with one attached hydrogen (secondary N) is 2. The first-order valence-corrected chi connectivity index (χ1v) is 10.3. The van der Waals surface area contributed by atoms with Crippen LogP contribution in [0.2, 0.25) is 15.1 Å². The molecule has 8 heteroatoms. The molecule has 0 bridgehead atoms. The van der Waals surface area contributed by atoms with Crippen LogP contribution in [0.3, 0.4) is 0 Å². The Bertz CT molecular complexity index is 1310. The van der Waals surface area contributed by atoms with Crippen LogP contribution in [0, 0.1) is 0 Å². The second-order valence-corrected chi connectivity index (χ2v) is 7.80. The minimum atomic E-state index is -0.333. The summed E-state index contributed by atoms with van der Waals surface area (Å²) in [6.07, 6.45) is 3.27. The third-order valence-corrected chi connectivity index (χ3v) is 5.43. The lowest BCUT2D eigenvalue weighted by molar-refractivity contribution is 0.0963. The fraction of sp³-hybridized carbons (Fsp3) is 0. The lowest BCUT2D eigenvalue weighted by atomic mass is 10.1. The SMILES string of the molecule is O=C(NNc1ccnc2cc(Cl)ccc12)c1ccccc1N=Cc1ccc(Cl)c(Cl)c1. The van der Waals surface area contributed by atoms with Gasteiger partial charge >= 0.3 is 0 Å². The second-order valence-electron chi connectivity index (χ2n) is 6.55. The number of carbonyl (C=O) groups excluding carboxylic acids is 1. The van der Waals surface area contributed by atoms with Gasteiger partial charge < -0.3 is 0 Å². The van der Waals surface area contributed by atoms with E-state index in [4.69, 9.17) is 34.8 Å². The molecule has 4 rings (SSSR count). The first kappa shape index (κ1) is 21.1. The number of carbonyl (C=O) groups is 1. The largest absolute Gasteiger partial charge is 0.298 e. The van der Waals surface area contributed by atoms with Gasteiger partial charge in [0.25, 0.3) is 5.91 Å². The Morgan fingerprint density at radius 1 is 0.935 bits per heavy atom. The molecule has 4 aromatic rings. The van der Waals surface area contributed by atoms with Gasteiger partial charge in [-0.1, -0.05) is 53.0 Å². The molecule has 0 atom stereocenters. The van der Waals surface area contributed by atoms with Crippen LogP contribution in [0.5, 0.6) is 0 Å². The number of halogens is 3. The normalized spacial score (nSPS) is 11.1. The fourth-order valence-electron chi connectivity index (χ4n) is 2.94. The smallest absolute Gasteiger partial charge is 0.271 e. The molecule has 5 nitrogen and oxygen atoms in total. The number of hydrogen-bond acceptors (Lipinski definition) is 4. The van der Waals surface area contributed by atoms with Crippen LogP contribution >= 0.6 is 34.8 Å². The number of nitrogens with zero attached hydrogens (tertiary/aromatic N) is 2. The third kappa shape index (κ3) is 4.97. The Morgan fingerprint density at radius 3 is 2.61 bits per heavy atom. The molecule has 154 valence electrons. The van der Waals surface area contributed by atoms with Crippen molar-refractivity contribution in [2.24, 2.45) is 4.99 Å². The standard InChI is InChI=1S/C23H15Cl3N4O/c24-15-6-7-16-21(9-10-27-22(16)12-15)29-30-23(31)17-3-1-2-4-20(17)28-13-14-5-8-18(25)19(26)11-14/h1-13H,(H,27,29)(H,30,31). The number of rotatable bonds is 5. The summed E-state index contributed by atoms with van der Waals surface area (Å²) in [6, 6.07) is 19.4. The summed E-state index contributed by atoms with van der Waals surface area (Å²) in [5.74, 6) is -0.333. The van der Waals surface area contributed by atoms with E-state index in [1.165, 1.54) is 0 Å². The maximum absolute atomic E-state index is 12.8. The van der Waals surface area contributed by atoms with Crippen LogP contribution in [0.15, 0.2) is 77.9 Å². The van der Waals surface area contributed by atoms with Crippen molar-refractivity contribution in [3.05, 3.63) is 99.1 Å². The molecular weight excluding hydrogens is 455 g/mol. The van der Waals surface area contributed by atoms with E-state index < -0.39 is 0 Å². The van der Waals surface area contributed by atoms with E-state index in [-0.39, 0.29) is 5.91 Å². The van der Waals surface area contributed by atoms with Crippen LogP contribution in [0.4, 0.5) is 11.4 Å². The van der Waals surface area contributed by atoms with Crippen molar-refractivity contribution in [2.75, 3.05) is 5.43 Å². The summed E-state index contributed by atoms with van der Waals surface area (Å²) in [7, 11) is 0. The Hall–Kier alpha value is -3.12. The fourth-order valence-corrected chi connectivity index (χ4v) is 3.41. The molecule has 0 radical (unpaired) electrons. The van der Waals surface area contributed by atoms with Gasteiger partial charge in [-0.05, 0) is 54.1 Å². The predicted molar refractivity (Wildman–Crippen MR) is 128 cm³/mol. The summed E-state index contributed by atoms with van der Waals surface area (Å²) in [6.45, 7) is 0. The molecule has 1 amide bonds. The number of aliphatic imine (C=N–C) groups is 1. The first-order chi connectivity index (χ1) is 15.0. The monoisotopic (exact) mass is 468 g/mol. The van der Waals surface area contributed by atoms with Crippen molar-refractivity contribution in [1.29, 1.82) is 0 Å². The van der Waals surface area contributed by atoms with Gasteiger partial charge in [-0.25, -0.2) is 0 Å². The van der Waals surface area contributed by atoms with Gasteiger partial charge in [0.15, 0.2) is 0 Å². The van der Waals surface area contributed by atoms with Gasteiger partial charge in [0.05, 0.1) is 32.5 Å². The number of fused-ring (bicyclic) bond motifs is 1. The van der Waals surface area contributed by atoms with Crippen molar-refractivity contribution < 1.29 is 4.79 Å². The summed E-state index contributed by atoms with van der Waals surface area (Å²) >= 11 is 18.0. The van der Waals surface area contributed by atoms with Gasteiger partial charge in [-0.15, -0.1) is 0 Å². The highest BCUT2D eigenvalue weighted by molar-refractivity contribution is 6.42. The number of para-hydroxylation sites is 1. The Labute approximate surface area is 193 Å². The quantitative estimate of drug-likeness (QED) is 0.252. The highest BCUT2D eigenvalue weighted by Gasteiger charge is 2.11. The number of pyridine rings is 1. The van der Waals surface area contributed by atoms with Crippen LogP contribution in [-0.4, -0.2) is 17.1 Å². The van der Waals surface area contributed by atoms with Crippen molar-refractivity contribution >= 4 is 69.2 Å². The molecule has 0 saturated heterocycles. The van der Waals surface area contributed by atoms with Gasteiger partial charge in [-0.2, -0.15) is 0 Å². The first-order valence-electron chi connectivity index (χ1n) is 9.20. The van der Waals surface area contributed by atoms with Gasteiger partial charge in [0.2, 0.25) is 0 Å². The number of hydrazine groups is 1. The van der Waals surface area contributed by atoms with Crippen LogP contribution in [0.1, 0.15) is 15.9 Å². The molecule has 0 aliphatic heterocycles. The molecule has 0 fully saturated rings. The van der Waals surface area contributed by atoms with E-state index in [9.17, 15) is 4.79 Å². The summed E-state index contributed by atoms with van der Waals surface area (Å²) < 4.78 is 0. The Balaban J connectivity index is 1.53. The number of aromatic nitrogens is 1. The Morgan fingerprint density at radius 2 is 1.77 bits per heavy atom. The van der Waals surface area contributed by atoms with Gasteiger partial charge in [0, 0.05) is 22.8 Å². The van der Waals surface area contributed by atoms with Crippen LogP contribution in [-0.2, 0) is 0 Å². The highest BCUT2D eigenvalue weighted by Crippen LogP contribution is 2.25. The Kier molecular flexibility index (Phi) is 6.37. The number of amides is 1. The van der Waals surface area contributed by atoms with E-state index in [0.29, 0.717) is 32.0 Å². The van der Waals surface area contributed by atoms with Gasteiger partial charge in [0.1, 0.15) is 0 Å². The zero-order chi connectivity index (χ0) is 21.8. The topological polar surface area (TPSA) is 66.4 Å². The number of benzene rings is 3. The predicted octanol–water partition coefficient (Wildman–Crippen LogP) is 6.70. The molecule has 0 spiro atoms. The summed E-state index contributed by atoms with van der Waals surface area (Å²) in [5, 5.41) is 2.33. The van der Waals surface area contributed by atoms with Crippen molar-refractivity contribution in [1.82, 2.24) is 10.4 Å². The van der Waals surface area contributed by atoms with E-state index in [1.54, 1.807) is 67.0 Å². The minimum absolute atomic E-state index is 0.333. The average Bonchev–Trinajstić information content (AvgIpc) is 2.78. The molecule has 1 heterocycles. The van der Waals surface area contributed by atoms with E-state index in [0.717, 1.165) is 16.5 Å². The van der Waals surface area contributed by atoms with E-state index in [2.05, 4.69) is 20.8 Å². The molecule has 0 saturated carbocycles. The van der Waals surface area contributed by atoms with Crippen LogP contribution in [0.25, 0.3) is 10.9 Å². The molecular formula is C23H15Cl3N4O. The molecule has 2 N–H and O–H groups in total. The summed E-state index contributed by atoms with van der Waals surface area (Å²) in [4.78, 5) is 21.6. The lowest BCUT2D eigenvalue weighted by Crippen LogP contribution is -2.29. The molecule has 0 unspecified atom stereocenters. The molecule has 3 aromatic carbocycles. The lowest BCUT2D eigenvalue weighted by Gasteiger charge is -2.12. The third-order valence-electron chi connectivity index (χ3n) is 4.46. The zero-order valence-electron chi connectivity index (χ0n) is 15.9. The van der Waals surface area contributed by atoms with Crippen molar-refractivity contribution in [3.63, 3.8) is 0 Å². The summed E-state index contributed by atoms with van der Waals surface area (Å²) in [5.41, 5.74) is 8.78. The average molecular weight is 470 g/mol. The van der Waals surface area contributed by atoms with Crippen molar-refractivity contribution in [2.45, 2.75) is 0 Å². The second kappa shape index (κ2) is 9.35. The number of hydrogen-bond donors (Lipinski definition) is 2. The maximum Gasteiger partial charge on any atom is 0.271 e. The molecule has 0 aliphatic carbocycles. The minimum Gasteiger partial charge on any atom is -0.298 e. The maximum atomic E-state index is 12.8. The zero-order valence-corrected chi connectivity index (χ0v) is 18.2. The van der Waals surface area contributed by atoms with Crippen molar-refractivity contribution in [3.8, 4) is 0 Å².